The van der Waals surface area contributed by atoms with Crippen molar-refractivity contribution in [3.63, 3.8) is 0 Å². The fraction of sp³-hybridized carbons (Fsp3) is 0.500. The number of nitrogens with zero attached hydrogens (tertiary/aromatic N) is 2. The summed E-state index contributed by atoms with van der Waals surface area (Å²) in [5.74, 6) is 0.873. The van der Waals surface area contributed by atoms with Crippen molar-refractivity contribution in [1.82, 2.24) is 15.5 Å². The number of nitrogens with one attached hydrogen (secondary N) is 1. The van der Waals surface area contributed by atoms with Gasteiger partial charge in [-0.2, -0.15) is 4.98 Å². The van der Waals surface area contributed by atoms with Crippen LogP contribution in [-0.2, 0) is 10.3 Å². The Morgan fingerprint density at radius 3 is 2.46 bits per heavy atom. The molecule has 1 aromatic heterocycles. The van der Waals surface area contributed by atoms with Crippen LogP contribution in [0.4, 0.5) is 0 Å². The van der Waals surface area contributed by atoms with Crippen molar-refractivity contribution >= 4 is 11.7 Å². The number of carbonyl (C=O) groups excluding carboxylic acids is 2. The lowest BCUT2D eigenvalue weighted by molar-refractivity contribution is -0.123. The van der Waals surface area contributed by atoms with E-state index in [4.69, 9.17) is 4.52 Å². The molecule has 1 N–H and O–H groups in total. The quantitative estimate of drug-likeness (QED) is 0.801. The van der Waals surface area contributed by atoms with Gasteiger partial charge in [-0.3, -0.25) is 9.59 Å². The summed E-state index contributed by atoms with van der Waals surface area (Å²) < 4.78 is 5.09. The smallest absolute Gasteiger partial charge is 0.223 e. The van der Waals surface area contributed by atoms with Gasteiger partial charge in [0.25, 0.3) is 0 Å². The number of aryl methyl sites for hydroxylation is 3. The second-order valence-corrected chi connectivity index (χ2v) is 7.20. The van der Waals surface area contributed by atoms with Gasteiger partial charge in [0.1, 0.15) is 5.54 Å². The summed E-state index contributed by atoms with van der Waals surface area (Å²) in [4.78, 5) is 29.2. The number of amides is 1. The maximum absolute atomic E-state index is 12.5. The maximum Gasteiger partial charge on any atom is 0.223 e. The highest BCUT2D eigenvalue weighted by atomic mass is 16.5. The van der Waals surface area contributed by atoms with Gasteiger partial charge in [0.2, 0.25) is 11.8 Å². The molecule has 0 radical (unpaired) electrons. The molecule has 1 fully saturated rings. The molecule has 0 aliphatic heterocycles. The van der Waals surface area contributed by atoms with Crippen molar-refractivity contribution in [3.8, 4) is 0 Å². The Hall–Kier alpha value is -2.50. The number of benzene rings is 1. The fourth-order valence-electron chi connectivity index (χ4n) is 3.49. The molecular weight excluding hydrogens is 330 g/mol. The number of carbonyl (C=O) groups is 2. The van der Waals surface area contributed by atoms with E-state index in [9.17, 15) is 9.59 Å². The first-order chi connectivity index (χ1) is 12.4. The van der Waals surface area contributed by atoms with Crippen LogP contribution in [0.3, 0.4) is 0 Å². The lowest BCUT2D eigenvalue weighted by atomic mass is 9.95. The molecule has 1 aromatic carbocycles. The highest BCUT2D eigenvalue weighted by Crippen LogP contribution is 2.37. The van der Waals surface area contributed by atoms with E-state index in [-0.39, 0.29) is 24.5 Å². The molecule has 6 nitrogen and oxygen atoms in total. The van der Waals surface area contributed by atoms with Gasteiger partial charge in [0.05, 0.1) is 0 Å². The summed E-state index contributed by atoms with van der Waals surface area (Å²) in [5, 5.41) is 7.09. The van der Waals surface area contributed by atoms with Crippen LogP contribution in [0.1, 0.15) is 71.7 Å². The molecule has 0 unspecified atom stereocenters. The second-order valence-electron chi connectivity index (χ2n) is 7.20. The third-order valence-electron chi connectivity index (χ3n) is 5.20. The van der Waals surface area contributed by atoms with E-state index < -0.39 is 5.54 Å². The van der Waals surface area contributed by atoms with Gasteiger partial charge in [-0.1, -0.05) is 30.1 Å². The standard InChI is InChI=1S/C20H25N3O3/c1-13-6-7-16(12-14(13)2)17(24)8-9-18(25)22-20(10-4-5-11-20)19-21-15(3)26-23-19/h6-7,12H,4-5,8-11H2,1-3H3,(H,22,25). The molecule has 1 saturated carbocycles. The summed E-state index contributed by atoms with van der Waals surface area (Å²) >= 11 is 0. The normalized spacial score (nSPS) is 15.8. The van der Waals surface area contributed by atoms with Gasteiger partial charge in [0.15, 0.2) is 11.6 Å². The molecule has 138 valence electrons. The van der Waals surface area contributed by atoms with Gasteiger partial charge in [-0.05, 0) is 43.9 Å². The summed E-state index contributed by atoms with van der Waals surface area (Å²) in [7, 11) is 0. The number of rotatable bonds is 6. The number of ketones is 1. The molecule has 1 amide bonds. The van der Waals surface area contributed by atoms with Crippen molar-refractivity contribution < 1.29 is 14.1 Å². The van der Waals surface area contributed by atoms with E-state index in [2.05, 4.69) is 15.5 Å². The van der Waals surface area contributed by atoms with Crippen molar-refractivity contribution in [2.75, 3.05) is 0 Å². The minimum Gasteiger partial charge on any atom is -0.343 e. The van der Waals surface area contributed by atoms with Gasteiger partial charge in [-0.15, -0.1) is 0 Å². The number of hydrogen-bond donors (Lipinski definition) is 1. The van der Waals surface area contributed by atoms with Crippen molar-refractivity contribution in [2.24, 2.45) is 0 Å². The summed E-state index contributed by atoms with van der Waals surface area (Å²) in [5.41, 5.74) is 2.33. The SMILES string of the molecule is Cc1nc(C2(NC(=O)CCC(=O)c3ccc(C)c(C)c3)CCCC2)no1. The van der Waals surface area contributed by atoms with Crippen LogP contribution >= 0.6 is 0 Å². The van der Waals surface area contributed by atoms with E-state index >= 15 is 0 Å². The highest BCUT2D eigenvalue weighted by Gasteiger charge is 2.41. The minimum absolute atomic E-state index is 0.0147. The van der Waals surface area contributed by atoms with E-state index in [0.29, 0.717) is 17.3 Å². The van der Waals surface area contributed by atoms with Gasteiger partial charge in [-0.25, -0.2) is 0 Å². The van der Waals surface area contributed by atoms with Crippen LogP contribution in [0.25, 0.3) is 0 Å². The molecule has 1 aliphatic rings. The Bertz CT molecular complexity index is 819. The Morgan fingerprint density at radius 1 is 1.12 bits per heavy atom. The zero-order chi connectivity index (χ0) is 18.7. The Labute approximate surface area is 153 Å². The zero-order valence-electron chi connectivity index (χ0n) is 15.6. The highest BCUT2D eigenvalue weighted by molar-refractivity contribution is 5.98. The van der Waals surface area contributed by atoms with Crippen LogP contribution in [-0.4, -0.2) is 21.8 Å². The molecule has 0 saturated heterocycles. The van der Waals surface area contributed by atoms with Gasteiger partial charge < -0.3 is 9.84 Å². The van der Waals surface area contributed by atoms with Crippen LogP contribution in [0.5, 0.6) is 0 Å². The molecule has 26 heavy (non-hydrogen) atoms. The van der Waals surface area contributed by atoms with E-state index in [1.807, 2.05) is 32.0 Å². The first kappa shape index (κ1) is 18.3. The Morgan fingerprint density at radius 2 is 1.85 bits per heavy atom. The van der Waals surface area contributed by atoms with Crippen LogP contribution in [0.2, 0.25) is 0 Å². The molecule has 0 bridgehead atoms. The third-order valence-corrected chi connectivity index (χ3v) is 5.20. The van der Waals surface area contributed by atoms with Crippen molar-refractivity contribution in [1.29, 1.82) is 0 Å². The second kappa shape index (κ2) is 7.40. The van der Waals surface area contributed by atoms with E-state index in [0.717, 1.165) is 36.8 Å². The summed E-state index contributed by atoms with van der Waals surface area (Å²) in [6, 6.07) is 5.65. The average molecular weight is 355 g/mol. The number of aromatic nitrogens is 2. The van der Waals surface area contributed by atoms with Gasteiger partial charge >= 0.3 is 0 Å². The van der Waals surface area contributed by atoms with E-state index in [1.54, 1.807) is 6.92 Å². The zero-order valence-corrected chi connectivity index (χ0v) is 15.6. The number of Topliss-reactive ketones (excluding diaryl/α,β-unsaturated/α-hetero) is 1. The molecule has 0 atom stereocenters. The predicted molar refractivity (Wildman–Crippen MR) is 96.8 cm³/mol. The van der Waals surface area contributed by atoms with E-state index in [1.165, 1.54) is 0 Å². The minimum atomic E-state index is -0.557. The van der Waals surface area contributed by atoms with Crippen LogP contribution in [0.15, 0.2) is 22.7 Å². The molecule has 3 rings (SSSR count). The predicted octanol–water partition coefficient (Wildman–Crippen LogP) is 3.54. The van der Waals surface area contributed by atoms with Crippen LogP contribution < -0.4 is 5.32 Å². The first-order valence-corrected chi connectivity index (χ1v) is 9.12. The number of hydrogen-bond acceptors (Lipinski definition) is 5. The largest absolute Gasteiger partial charge is 0.343 e. The maximum atomic E-state index is 12.5. The Kier molecular flexibility index (Phi) is 5.20. The monoisotopic (exact) mass is 355 g/mol. The Balaban J connectivity index is 1.62. The average Bonchev–Trinajstić information content (AvgIpc) is 3.25. The molecule has 2 aromatic rings. The van der Waals surface area contributed by atoms with Crippen molar-refractivity contribution in [2.45, 2.75) is 64.8 Å². The third kappa shape index (κ3) is 3.84. The lowest BCUT2D eigenvalue weighted by Gasteiger charge is -2.26. The summed E-state index contributed by atoms with van der Waals surface area (Å²) in [6.45, 7) is 5.73. The molecule has 1 aliphatic carbocycles. The fourth-order valence-corrected chi connectivity index (χ4v) is 3.49. The van der Waals surface area contributed by atoms with Crippen LogP contribution in [0, 0.1) is 20.8 Å². The summed E-state index contributed by atoms with van der Waals surface area (Å²) in [6.07, 6.45) is 3.95. The van der Waals surface area contributed by atoms with Gasteiger partial charge in [0, 0.05) is 25.3 Å². The molecule has 1 heterocycles. The molecular formula is C20H25N3O3. The topological polar surface area (TPSA) is 85.1 Å². The molecule has 6 heteroatoms. The molecule has 0 spiro atoms. The first-order valence-electron chi connectivity index (χ1n) is 9.12. The van der Waals surface area contributed by atoms with Crippen molar-refractivity contribution in [3.05, 3.63) is 46.6 Å². The lowest BCUT2D eigenvalue weighted by Crippen LogP contribution is -2.44.